The average Bonchev–Trinajstić information content (AvgIpc) is 3.11. The van der Waals surface area contributed by atoms with Gasteiger partial charge in [0.25, 0.3) is 11.8 Å². The lowest BCUT2D eigenvalue weighted by atomic mass is 9.95. The van der Waals surface area contributed by atoms with Crippen LogP contribution >= 0.6 is 11.3 Å². The topological polar surface area (TPSA) is 93.1 Å². The van der Waals surface area contributed by atoms with Gasteiger partial charge < -0.3 is 10.6 Å². The molecule has 9 heteroatoms. The van der Waals surface area contributed by atoms with Gasteiger partial charge in [0, 0.05) is 18.5 Å². The molecule has 1 aromatic carbocycles. The van der Waals surface area contributed by atoms with Crippen LogP contribution in [-0.2, 0) is 19.4 Å². The number of nitrogens with one attached hydrogen (secondary N) is 2. The van der Waals surface area contributed by atoms with E-state index in [1.165, 1.54) is 28.2 Å². The van der Waals surface area contributed by atoms with Gasteiger partial charge in [-0.2, -0.15) is 5.10 Å². The largest absolute Gasteiger partial charge is 0.355 e. The number of fused-ring (bicyclic) bond motifs is 2. The van der Waals surface area contributed by atoms with Crippen molar-refractivity contribution < 1.29 is 14.0 Å². The number of thiophene rings is 1. The molecule has 3 aromatic rings. The number of anilines is 1. The first kappa shape index (κ1) is 20.2. The van der Waals surface area contributed by atoms with E-state index in [9.17, 15) is 18.8 Å². The molecule has 0 unspecified atom stereocenters. The Labute approximate surface area is 175 Å². The molecule has 7 nitrogen and oxygen atoms in total. The van der Waals surface area contributed by atoms with E-state index in [-0.39, 0.29) is 17.0 Å². The standard InChI is InChI=1S/C21H21FN4O3S/c1-3-26-14-9-8-11(22)10-13(14)18(27)17(25-26)20(29)24-21-16(19(28)23-2)12-6-4-5-7-15(12)30-21/h8-10H,3-7H2,1-2H3,(H,23,28)(H,24,29). The molecule has 1 aliphatic carbocycles. The van der Waals surface area contributed by atoms with Gasteiger partial charge in [0.05, 0.1) is 16.5 Å². The Morgan fingerprint density at radius 1 is 1.23 bits per heavy atom. The van der Waals surface area contributed by atoms with E-state index >= 15 is 0 Å². The number of hydrogen-bond acceptors (Lipinski definition) is 5. The van der Waals surface area contributed by atoms with Crippen LogP contribution in [0.1, 0.15) is 51.1 Å². The highest BCUT2D eigenvalue weighted by Crippen LogP contribution is 2.38. The van der Waals surface area contributed by atoms with E-state index in [2.05, 4.69) is 15.7 Å². The van der Waals surface area contributed by atoms with Crippen molar-refractivity contribution in [1.82, 2.24) is 15.1 Å². The van der Waals surface area contributed by atoms with Crippen molar-refractivity contribution in [2.45, 2.75) is 39.2 Å². The second-order valence-corrected chi connectivity index (χ2v) is 8.21. The van der Waals surface area contributed by atoms with Gasteiger partial charge >= 0.3 is 0 Å². The molecule has 0 fully saturated rings. The molecule has 2 heterocycles. The number of aryl methyl sites for hydroxylation is 2. The third-order valence-electron chi connectivity index (χ3n) is 5.28. The SMILES string of the molecule is CCn1nc(C(=O)Nc2sc3c(c2C(=O)NC)CCCC3)c(=O)c2cc(F)ccc21. The maximum absolute atomic E-state index is 13.7. The third kappa shape index (κ3) is 3.39. The van der Waals surface area contributed by atoms with Crippen LogP contribution in [0.15, 0.2) is 23.0 Å². The van der Waals surface area contributed by atoms with Crippen LogP contribution < -0.4 is 16.1 Å². The minimum absolute atomic E-state index is 0.0917. The Kier molecular flexibility index (Phi) is 5.38. The Bertz CT molecular complexity index is 1230. The second kappa shape index (κ2) is 7.98. The molecule has 2 aromatic heterocycles. The van der Waals surface area contributed by atoms with Crippen molar-refractivity contribution in [2.75, 3.05) is 12.4 Å². The third-order valence-corrected chi connectivity index (χ3v) is 6.49. The fraction of sp³-hybridized carbons (Fsp3) is 0.333. The van der Waals surface area contributed by atoms with Gasteiger partial charge in [-0.15, -0.1) is 11.3 Å². The molecule has 0 saturated carbocycles. The number of halogens is 1. The first-order chi connectivity index (χ1) is 14.4. The van der Waals surface area contributed by atoms with Crippen molar-refractivity contribution in [3.05, 3.63) is 55.9 Å². The Balaban J connectivity index is 1.79. The van der Waals surface area contributed by atoms with Crippen molar-refractivity contribution in [3.8, 4) is 0 Å². The number of benzene rings is 1. The van der Waals surface area contributed by atoms with Crippen LogP contribution in [0.3, 0.4) is 0 Å². The summed E-state index contributed by atoms with van der Waals surface area (Å²) in [5, 5.41) is 10.0. The molecule has 0 radical (unpaired) electrons. The number of carbonyl (C=O) groups is 2. The maximum atomic E-state index is 13.7. The zero-order chi connectivity index (χ0) is 21.4. The first-order valence-electron chi connectivity index (χ1n) is 9.83. The smallest absolute Gasteiger partial charge is 0.280 e. The van der Waals surface area contributed by atoms with Gasteiger partial charge in [0.15, 0.2) is 5.69 Å². The molecule has 156 valence electrons. The van der Waals surface area contributed by atoms with Gasteiger partial charge in [0.2, 0.25) is 5.43 Å². The highest BCUT2D eigenvalue weighted by Gasteiger charge is 2.27. The zero-order valence-electron chi connectivity index (χ0n) is 16.7. The number of rotatable bonds is 4. The van der Waals surface area contributed by atoms with Gasteiger partial charge in [-0.3, -0.25) is 19.1 Å². The number of amides is 2. The van der Waals surface area contributed by atoms with Crippen molar-refractivity contribution >= 4 is 39.1 Å². The predicted molar refractivity (Wildman–Crippen MR) is 114 cm³/mol. The summed E-state index contributed by atoms with van der Waals surface area (Å²) >= 11 is 1.36. The lowest BCUT2D eigenvalue weighted by molar-refractivity contribution is 0.0963. The molecular formula is C21H21FN4O3S. The molecule has 1 aliphatic rings. The second-order valence-electron chi connectivity index (χ2n) is 7.10. The minimum atomic E-state index is -0.711. The number of carbonyl (C=O) groups excluding carboxylic acids is 2. The minimum Gasteiger partial charge on any atom is -0.355 e. The normalized spacial score (nSPS) is 13.2. The van der Waals surface area contributed by atoms with Crippen LogP contribution in [0.2, 0.25) is 0 Å². The van der Waals surface area contributed by atoms with Gasteiger partial charge in [0.1, 0.15) is 10.8 Å². The Morgan fingerprint density at radius 3 is 2.73 bits per heavy atom. The van der Waals surface area contributed by atoms with Crippen molar-refractivity contribution in [2.24, 2.45) is 0 Å². The van der Waals surface area contributed by atoms with E-state index in [0.717, 1.165) is 42.2 Å². The van der Waals surface area contributed by atoms with E-state index in [1.54, 1.807) is 7.05 Å². The van der Waals surface area contributed by atoms with E-state index < -0.39 is 17.2 Å². The molecule has 2 N–H and O–H groups in total. The molecule has 0 spiro atoms. The van der Waals surface area contributed by atoms with Gasteiger partial charge in [-0.25, -0.2) is 4.39 Å². The quantitative estimate of drug-likeness (QED) is 0.668. The highest BCUT2D eigenvalue weighted by atomic mass is 32.1. The first-order valence-corrected chi connectivity index (χ1v) is 10.6. The summed E-state index contributed by atoms with van der Waals surface area (Å²) < 4.78 is 15.2. The summed E-state index contributed by atoms with van der Waals surface area (Å²) in [5.74, 6) is -1.55. The van der Waals surface area contributed by atoms with E-state index in [4.69, 9.17) is 0 Å². The molecule has 4 rings (SSSR count). The fourth-order valence-electron chi connectivity index (χ4n) is 3.83. The van der Waals surface area contributed by atoms with Crippen molar-refractivity contribution in [3.63, 3.8) is 0 Å². The summed E-state index contributed by atoms with van der Waals surface area (Å²) in [6, 6.07) is 3.84. The van der Waals surface area contributed by atoms with Crippen LogP contribution in [0, 0.1) is 5.82 Å². The number of aromatic nitrogens is 2. The Hall–Kier alpha value is -3.07. The molecule has 0 saturated heterocycles. The maximum Gasteiger partial charge on any atom is 0.280 e. The molecule has 2 amide bonds. The molecule has 30 heavy (non-hydrogen) atoms. The van der Waals surface area contributed by atoms with Crippen LogP contribution in [0.5, 0.6) is 0 Å². The highest BCUT2D eigenvalue weighted by molar-refractivity contribution is 7.17. The van der Waals surface area contributed by atoms with Crippen molar-refractivity contribution in [1.29, 1.82) is 0 Å². The van der Waals surface area contributed by atoms with Crippen LogP contribution in [0.4, 0.5) is 9.39 Å². The van der Waals surface area contributed by atoms with Crippen LogP contribution in [0.25, 0.3) is 10.9 Å². The summed E-state index contributed by atoms with van der Waals surface area (Å²) in [6.45, 7) is 2.22. The molecule has 0 aliphatic heterocycles. The monoisotopic (exact) mass is 428 g/mol. The van der Waals surface area contributed by atoms with Gasteiger partial charge in [-0.05, 0) is 56.4 Å². The summed E-state index contributed by atoms with van der Waals surface area (Å²) in [6.07, 6.45) is 3.66. The lowest BCUT2D eigenvalue weighted by Gasteiger charge is -2.12. The molecule has 0 bridgehead atoms. The summed E-state index contributed by atoms with van der Waals surface area (Å²) in [5.41, 5.74) is 0.894. The fourth-order valence-corrected chi connectivity index (χ4v) is 5.12. The Morgan fingerprint density at radius 2 is 2.00 bits per heavy atom. The molecule has 0 atom stereocenters. The lowest BCUT2D eigenvalue weighted by Crippen LogP contribution is -2.28. The average molecular weight is 428 g/mol. The summed E-state index contributed by atoms with van der Waals surface area (Å²) in [4.78, 5) is 39.4. The number of hydrogen-bond donors (Lipinski definition) is 2. The zero-order valence-corrected chi connectivity index (χ0v) is 17.5. The number of nitrogens with zero attached hydrogens (tertiary/aromatic N) is 2. The predicted octanol–water partition coefficient (Wildman–Crippen LogP) is 3.11. The summed E-state index contributed by atoms with van der Waals surface area (Å²) in [7, 11) is 1.54. The van der Waals surface area contributed by atoms with E-state index in [0.29, 0.717) is 22.6 Å². The van der Waals surface area contributed by atoms with Crippen LogP contribution in [-0.4, -0.2) is 28.6 Å². The molecular weight excluding hydrogens is 407 g/mol. The van der Waals surface area contributed by atoms with E-state index in [1.807, 2.05) is 6.92 Å². The van der Waals surface area contributed by atoms with Gasteiger partial charge in [-0.1, -0.05) is 0 Å².